The monoisotopic (exact) mass is 263 g/mol. The van der Waals surface area contributed by atoms with E-state index in [4.69, 9.17) is 0 Å². The summed E-state index contributed by atoms with van der Waals surface area (Å²) in [5.41, 5.74) is -0.708. The minimum Gasteiger partial charge on any atom is -0.344 e. The van der Waals surface area contributed by atoms with E-state index in [-0.39, 0.29) is 5.91 Å². The summed E-state index contributed by atoms with van der Waals surface area (Å²) in [7, 11) is 4.02. The summed E-state index contributed by atoms with van der Waals surface area (Å²) >= 11 is 0. The third kappa shape index (κ3) is 3.09. The second-order valence-corrected chi connectivity index (χ2v) is 6.33. The maximum absolute atomic E-state index is 12.5. The van der Waals surface area contributed by atoms with E-state index < -0.39 is 5.41 Å². The summed E-state index contributed by atoms with van der Waals surface area (Å²) in [5.74, 6) is 0.661. The van der Waals surface area contributed by atoms with Crippen LogP contribution in [0.3, 0.4) is 0 Å². The summed E-state index contributed by atoms with van der Waals surface area (Å²) in [6.45, 7) is 3.06. The number of carbonyl (C=O) groups is 1. The van der Waals surface area contributed by atoms with Crippen molar-refractivity contribution in [2.45, 2.75) is 38.5 Å². The van der Waals surface area contributed by atoms with Crippen LogP contribution in [0.4, 0.5) is 0 Å². The summed E-state index contributed by atoms with van der Waals surface area (Å²) in [6.07, 6.45) is 5.85. The van der Waals surface area contributed by atoms with Gasteiger partial charge in [0.1, 0.15) is 5.41 Å². The van der Waals surface area contributed by atoms with Gasteiger partial charge >= 0.3 is 0 Å². The lowest BCUT2D eigenvalue weighted by atomic mass is 9.86. The molecule has 1 amide bonds. The van der Waals surface area contributed by atoms with Crippen molar-refractivity contribution >= 4 is 5.91 Å². The SMILES string of the molecule is CN1CCC(CN(C)C(=O)C2(C#N)CCCC2)CC1. The third-order valence-corrected chi connectivity index (χ3v) is 4.80. The molecule has 1 saturated heterocycles. The average Bonchev–Trinajstić information content (AvgIpc) is 2.90. The number of amides is 1. The largest absolute Gasteiger partial charge is 0.344 e. The first kappa shape index (κ1) is 14.3. The summed E-state index contributed by atoms with van der Waals surface area (Å²) in [5, 5.41) is 9.37. The third-order valence-electron chi connectivity index (χ3n) is 4.80. The molecule has 2 rings (SSSR count). The highest BCUT2D eigenvalue weighted by Crippen LogP contribution is 2.39. The molecule has 4 heteroatoms. The maximum Gasteiger partial charge on any atom is 0.242 e. The second kappa shape index (κ2) is 5.92. The molecule has 2 fully saturated rings. The highest BCUT2D eigenvalue weighted by molar-refractivity contribution is 5.85. The van der Waals surface area contributed by atoms with Gasteiger partial charge in [-0.1, -0.05) is 12.8 Å². The van der Waals surface area contributed by atoms with E-state index in [0.717, 1.165) is 58.2 Å². The zero-order valence-corrected chi connectivity index (χ0v) is 12.2. The second-order valence-electron chi connectivity index (χ2n) is 6.33. The first-order valence-corrected chi connectivity index (χ1v) is 7.43. The number of likely N-dealkylation sites (tertiary alicyclic amines) is 1. The summed E-state index contributed by atoms with van der Waals surface area (Å²) in [4.78, 5) is 16.7. The molecule has 106 valence electrons. The van der Waals surface area contributed by atoms with Crippen LogP contribution >= 0.6 is 0 Å². The van der Waals surface area contributed by atoms with Crippen LogP contribution in [-0.2, 0) is 4.79 Å². The van der Waals surface area contributed by atoms with Gasteiger partial charge < -0.3 is 9.80 Å². The van der Waals surface area contributed by atoms with Crippen molar-refractivity contribution in [2.24, 2.45) is 11.3 Å². The van der Waals surface area contributed by atoms with Crippen LogP contribution in [0.5, 0.6) is 0 Å². The van der Waals surface area contributed by atoms with Gasteiger partial charge in [-0.25, -0.2) is 0 Å². The van der Waals surface area contributed by atoms with Crippen molar-refractivity contribution in [2.75, 3.05) is 33.7 Å². The fourth-order valence-corrected chi connectivity index (χ4v) is 3.43. The Labute approximate surface area is 116 Å². The summed E-state index contributed by atoms with van der Waals surface area (Å²) < 4.78 is 0. The first-order valence-electron chi connectivity index (χ1n) is 7.43. The molecular weight excluding hydrogens is 238 g/mol. The zero-order valence-electron chi connectivity index (χ0n) is 12.2. The molecule has 19 heavy (non-hydrogen) atoms. The Kier molecular flexibility index (Phi) is 4.46. The number of hydrogen-bond donors (Lipinski definition) is 0. The Bertz CT molecular complexity index is 360. The van der Waals surface area contributed by atoms with E-state index in [1.807, 2.05) is 11.9 Å². The molecule has 0 bridgehead atoms. The molecule has 2 aliphatic rings. The molecule has 1 heterocycles. The van der Waals surface area contributed by atoms with Crippen molar-refractivity contribution in [3.63, 3.8) is 0 Å². The van der Waals surface area contributed by atoms with Gasteiger partial charge in [-0.3, -0.25) is 4.79 Å². The van der Waals surface area contributed by atoms with Crippen molar-refractivity contribution in [1.82, 2.24) is 9.80 Å². The Hall–Kier alpha value is -1.08. The fourth-order valence-electron chi connectivity index (χ4n) is 3.43. The lowest BCUT2D eigenvalue weighted by molar-refractivity contribution is -0.138. The lowest BCUT2D eigenvalue weighted by Crippen LogP contribution is -2.43. The standard InChI is InChI=1S/C15H25N3O/c1-17-9-5-13(6-10-17)11-18(2)14(19)15(12-16)7-3-4-8-15/h13H,3-11H2,1-2H3. The van der Waals surface area contributed by atoms with E-state index in [1.54, 1.807) is 0 Å². The average molecular weight is 263 g/mol. The van der Waals surface area contributed by atoms with Gasteiger partial charge in [0.2, 0.25) is 5.91 Å². The van der Waals surface area contributed by atoms with Crippen molar-refractivity contribution in [1.29, 1.82) is 5.26 Å². The number of nitriles is 1. The van der Waals surface area contributed by atoms with Gasteiger partial charge in [-0.2, -0.15) is 5.26 Å². The van der Waals surface area contributed by atoms with Gasteiger partial charge in [-0.15, -0.1) is 0 Å². The van der Waals surface area contributed by atoms with Crippen LogP contribution in [0.15, 0.2) is 0 Å². The normalized spacial score (nSPS) is 24.1. The van der Waals surface area contributed by atoms with Crippen LogP contribution in [0, 0.1) is 22.7 Å². The highest BCUT2D eigenvalue weighted by atomic mass is 16.2. The molecular formula is C15H25N3O. The van der Waals surface area contributed by atoms with E-state index in [0.29, 0.717) is 5.92 Å². The quantitative estimate of drug-likeness (QED) is 0.781. The van der Waals surface area contributed by atoms with E-state index >= 15 is 0 Å². The van der Waals surface area contributed by atoms with Gasteiger partial charge in [0.15, 0.2) is 0 Å². The Morgan fingerprint density at radius 1 is 1.37 bits per heavy atom. The van der Waals surface area contributed by atoms with Crippen LogP contribution in [0.25, 0.3) is 0 Å². The Balaban J connectivity index is 1.90. The minimum absolute atomic E-state index is 0.0615. The number of hydrogen-bond acceptors (Lipinski definition) is 3. The molecule has 0 radical (unpaired) electrons. The molecule has 4 nitrogen and oxygen atoms in total. The van der Waals surface area contributed by atoms with Crippen molar-refractivity contribution in [3.8, 4) is 6.07 Å². The molecule has 0 N–H and O–H groups in total. The molecule has 0 atom stereocenters. The molecule has 0 aromatic rings. The van der Waals surface area contributed by atoms with Crippen LogP contribution in [-0.4, -0.2) is 49.4 Å². The van der Waals surface area contributed by atoms with E-state index in [2.05, 4.69) is 18.0 Å². The Morgan fingerprint density at radius 3 is 2.47 bits per heavy atom. The van der Waals surface area contributed by atoms with E-state index in [1.165, 1.54) is 0 Å². The highest BCUT2D eigenvalue weighted by Gasteiger charge is 2.43. The smallest absolute Gasteiger partial charge is 0.242 e. The van der Waals surface area contributed by atoms with E-state index in [9.17, 15) is 10.1 Å². The topological polar surface area (TPSA) is 47.3 Å². The predicted molar refractivity (Wildman–Crippen MR) is 74.4 cm³/mol. The molecule has 0 aromatic carbocycles. The predicted octanol–water partition coefficient (Wildman–Crippen LogP) is 1.87. The molecule has 0 spiro atoms. The van der Waals surface area contributed by atoms with Crippen LogP contribution in [0.1, 0.15) is 38.5 Å². The summed E-state index contributed by atoms with van der Waals surface area (Å²) in [6, 6.07) is 2.30. The molecule has 0 aromatic heterocycles. The zero-order chi connectivity index (χ0) is 13.9. The van der Waals surface area contributed by atoms with Crippen LogP contribution < -0.4 is 0 Å². The number of piperidine rings is 1. The van der Waals surface area contributed by atoms with Gasteiger partial charge in [0, 0.05) is 13.6 Å². The van der Waals surface area contributed by atoms with Gasteiger partial charge in [0.05, 0.1) is 6.07 Å². The maximum atomic E-state index is 12.5. The molecule has 1 aliphatic carbocycles. The van der Waals surface area contributed by atoms with Crippen LogP contribution in [0.2, 0.25) is 0 Å². The minimum atomic E-state index is -0.708. The van der Waals surface area contributed by atoms with Crippen molar-refractivity contribution < 1.29 is 4.79 Å². The van der Waals surface area contributed by atoms with Gasteiger partial charge in [-0.05, 0) is 51.7 Å². The molecule has 0 unspecified atom stereocenters. The van der Waals surface area contributed by atoms with Gasteiger partial charge in [0.25, 0.3) is 0 Å². The van der Waals surface area contributed by atoms with Crippen molar-refractivity contribution in [3.05, 3.63) is 0 Å². The fraction of sp³-hybridized carbons (Fsp3) is 0.867. The molecule has 1 saturated carbocycles. The first-order chi connectivity index (χ1) is 9.07. The number of rotatable bonds is 3. The Morgan fingerprint density at radius 2 is 1.95 bits per heavy atom. The number of nitrogens with zero attached hydrogens (tertiary/aromatic N) is 3. The number of carbonyl (C=O) groups excluding carboxylic acids is 1. The molecule has 1 aliphatic heterocycles. The lowest BCUT2D eigenvalue weighted by Gasteiger charge is -2.33.